The van der Waals surface area contributed by atoms with Gasteiger partial charge in [-0.1, -0.05) is 0 Å². The lowest BCUT2D eigenvalue weighted by Gasteiger charge is -2.14. The Morgan fingerprint density at radius 3 is 2.43 bits per heavy atom. The van der Waals surface area contributed by atoms with E-state index in [0.717, 1.165) is 12.8 Å². The molecule has 8 heteroatoms. The summed E-state index contributed by atoms with van der Waals surface area (Å²) >= 11 is 0. The maximum absolute atomic E-state index is 12.4. The van der Waals surface area contributed by atoms with Crippen molar-refractivity contribution in [2.75, 3.05) is 13.2 Å². The molecule has 0 radical (unpaired) electrons. The Morgan fingerprint density at radius 2 is 1.95 bits per heavy atom. The number of aromatic carboxylic acids is 1. The van der Waals surface area contributed by atoms with Gasteiger partial charge in [-0.2, -0.15) is 0 Å². The lowest BCUT2D eigenvalue weighted by Crippen LogP contribution is -2.31. The zero-order valence-corrected chi connectivity index (χ0v) is 12.8. The fourth-order valence-corrected chi connectivity index (χ4v) is 4.04. The number of aliphatic hydroxyl groups is 1. The molecule has 7 nitrogen and oxygen atoms in total. The SMILES string of the molecule is Cc1oc(C)c(S(=O)(=O)NCC2(CCO)CC2)c1C(=O)O. The average molecular weight is 317 g/mol. The number of carboxylic acid groups (broad SMARTS) is 1. The summed E-state index contributed by atoms with van der Waals surface area (Å²) < 4.78 is 32.3. The maximum atomic E-state index is 12.4. The number of furan rings is 1. The van der Waals surface area contributed by atoms with Crippen LogP contribution in [0.2, 0.25) is 0 Å². The molecular weight excluding hydrogens is 298 g/mol. The number of sulfonamides is 1. The van der Waals surface area contributed by atoms with E-state index < -0.39 is 16.0 Å². The van der Waals surface area contributed by atoms with Gasteiger partial charge >= 0.3 is 5.97 Å². The molecule has 118 valence electrons. The number of carboxylic acids is 1. The van der Waals surface area contributed by atoms with E-state index in [2.05, 4.69) is 4.72 Å². The predicted octanol–water partition coefficient (Wildman–Crippen LogP) is 1.04. The Kier molecular flexibility index (Phi) is 4.14. The van der Waals surface area contributed by atoms with Crippen molar-refractivity contribution in [2.24, 2.45) is 5.41 Å². The zero-order chi connectivity index (χ0) is 15.8. The van der Waals surface area contributed by atoms with E-state index in [0.29, 0.717) is 6.42 Å². The topological polar surface area (TPSA) is 117 Å². The molecule has 1 aliphatic rings. The van der Waals surface area contributed by atoms with Crippen molar-refractivity contribution in [1.82, 2.24) is 4.72 Å². The van der Waals surface area contributed by atoms with Gasteiger partial charge in [-0.15, -0.1) is 0 Å². The van der Waals surface area contributed by atoms with E-state index >= 15 is 0 Å². The van der Waals surface area contributed by atoms with Crippen LogP contribution in [0.3, 0.4) is 0 Å². The van der Waals surface area contributed by atoms with Gasteiger partial charge in [-0.05, 0) is 38.5 Å². The number of hydrogen-bond donors (Lipinski definition) is 3. The first kappa shape index (κ1) is 16.0. The molecule has 1 aromatic rings. The van der Waals surface area contributed by atoms with Gasteiger partial charge in [0.05, 0.1) is 0 Å². The Morgan fingerprint density at radius 1 is 1.33 bits per heavy atom. The monoisotopic (exact) mass is 317 g/mol. The molecule has 0 atom stereocenters. The quantitative estimate of drug-likeness (QED) is 0.691. The van der Waals surface area contributed by atoms with Crippen LogP contribution in [0.5, 0.6) is 0 Å². The largest absolute Gasteiger partial charge is 0.478 e. The Hall–Kier alpha value is -1.38. The second-order valence-corrected chi connectivity index (χ2v) is 7.23. The van der Waals surface area contributed by atoms with Crippen molar-refractivity contribution in [3.63, 3.8) is 0 Å². The molecule has 0 amide bonds. The molecule has 0 saturated heterocycles. The number of aliphatic hydroxyl groups excluding tert-OH is 1. The van der Waals surface area contributed by atoms with E-state index in [-0.39, 0.29) is 40.5 Å². The lowest BCUT2D eigenvalue weighted by molar-refractivity contribution is 0.0691. The molecule has 0 unspecified atom stereocenters. The van der Waals surface area contributed by atoms with E-state index in [9.17, 15) is 13.2 Å². The first-order chi connectivity index (χ1) is 9.72. The molecule has 1 fully saturated rings. The van der Waals surface area contributed by atoms with Gasteiger partial charge in [0.25, 0.3) is 0 Å². The second-order valence-electron chi connectivity index (χ2n) is 5.52. The Bertz CT molecular complexity index is 656. The molecule has 0 spiro atoms. The van der Waals surface area contributed by atoms with Crippen LogP contribution in [0.4, 0.5) is 0 Å². The third-order valence-corrected chi connectivity index (χ3v) is 5.48. The van der Waals surface area contributed by atoms with E-state index in [1.165, 1.54) is 13.8 Å². The fraction of sp³-hybridized carbons (Fsp3) is 0.615. The molecule has 0 aromatic carbocycles. The first-order valence-electron chi connectivity index (χ1n) is 6.66. The normalized spacial score (nSPS) is 16.9. The standard InChI is InChI=1S/C13H19NO6S/c1-8-10(12(16)17)11(9(2)20-8)21(18,19)14-7-13(3-4-13)5-6-15/h14-15H,3-7H2,1-2H3,(H,16,17). The van der Waals surface area contributed by atoms with Gasteiger partial charge in [0.1, 0.15) is 22.0 Å². The summed E-state index contributed by atoms with van der Waals surface area (Å²) in [5, 5.41) is 18.1. The smallest absolute Gasteiger partial charge is 0.340 e. The van der Waals surface area contributed by atoms with Crippen molar-refractivity contribution in [1.29, 1.82) is 0 Å². The number of nitrogens with one attached hydrogen (secondary N) is 1. The van der Waals surface area contributed by atoms with Gasteiger partial charge in [0.15, 0.2) is 0 Å². The number of rotatable bonds is 7. The van der Waals surface area contributed by atoms with Gasteiger partial charge in [0, 0.05) is 13.2 Å². The summed E-state index contributed by atoms with van der Waals surface area (Å²) in [5.74, 6) is -1.21. The Labute approximate surface area is 123 Å². The zero-order valence-electron chi connectivity index (χ0n) is 12.0. The third kappa shape index (κ3) is 3.12. The molecule has 1 heterocycles. The van der Waals surface area contributed by atoms with Crippen molar-refractivity contribution in [2.45, 2.75) is 38.0 Å². The van der Waals surface area contributed by atoms with Gasteiger partial charge in [-0.25, -0.2) is 17.9 Å². The van der Waals surface area contributed by atoms with Gasteiger partial charge in [0.2, 0.25) is 10.0 Å². The van der Waals surface area contributed by atoms with Crippen LogP contribution in [0.25, 0.3) is 0 Å². The minimum absolute atomic E-state index is 0.00590. The molecule has 1 aromatic heterocycles. The van der Waals surface area contributed by atoms with E-state index in [1.807, 2.05) is 0 Å². The van der Waals surface area contributed by atoms with Crippen molar-refractivity contribution < 1.29 is 27.8 Å². The third-order valence-electron chi connectivity index (χ3n) is 3.92. The van der Waals surface area contributed by atoms with E-state index in [4.69, 9.17) is 14.6 Å². The van der Waals surface area contributed by atoms with Crippen molar-refractivity contribution >= 4 is 16.0 Å². The van der Waals surface area contributed by atoms with Crippen LogP contribution in [-0.4, -0.2) is 37.8 Å². The summed E-state index contributed by atoms with van der Waals surface area (Å²) in [6.45, 7) is 3.04. The summed E-state index contributed by atoms with van der Waals surface area (Å²) in [6, 6.07) is 0. The first-order valence-corrected chi connectivity index (χ1v) is 8.14. The molecule has 1 aliphatic carbocycles. The number of carbonyl (C=O) groups is 1. The molecule has 0 aliphatic heterocycles. The summed E-state index contributed by atoms with van der Waals surface area (Å²) in [6.07, 6.45) is 2.24. The van der Waals surface area contributed by atoms with Crippen LogP contribution in [-0.2, 0) is 10.0 Å². The summed E-state index contributed by atoms with van der Waals surface area (Å²) in [7, 11) is -3.96. The van der Waals surface area contributed by atoms with Crippen LogP contribution in [0.1, 0.15) is 41.1 Å². The van der Waals surface area contributed by atoms with Crippen LogP contribution < -0.4 is 4.72 Å². The van der Waals surface area contributed by atoms with Crippen LogP contribution in [0, 0.1) is 19.3 Å². The van der Waals surface area contributed by atoms with Crippen molar-refractivity contribution in [3.8, 4) is 0 Å². The minimum Gasteiger partial charge on any atom is -0.478 e. The molecule has 0 bridgehead atoms. The minimum atomic E-state index is -3.96. The molecular formula is C13H19NO6S. The maximum Gasteiger partial charge on any atom is 0.340 e. The lowest BCUT2D eigenvalue weighted by atomic mass is 10.0. The number of hydrogen-bond acceptors (Lipinski definition) is 5. The highest BCUT2D eigenvalue weighted by Gasteiger charge is 2.43. The highest BCUT2D eigenvalue weighted by Crippen LogP contribution is 2.48. The van der Waals surface area contributed by atoms with Gasteiger partial charge < -0.3 is 14.6 Å². The second kappa shape index (κ2) is 5.43. The van der Waals surface area contributed by atoms with E-state index in [1.54, 1.807) is 0 Å². The highest BCUT2D eigenvalue weighted by molar-refractivity contribution is 7.89. The van der Waals surface area contributed by atoms with Crippen LogP contribution in [0.15, 0.2) is 9.31 Å². The van der Waals surface area contributed by atoms with Crippen molar-refractivity contribution in [3.05, 3.63) is 17.1 Å². The van der Waals surface area contributed by atoms with Crippen LogP contribution >= 0.6 is 0 Å². The summed E-state index contributed by atoms with van der Waals surface area (Å²) in [4.78, 5) is 10.9. The summed E-state index contributed by atoms with van der Waals surface area (Å²) in [5.41, 5.74) is -0.523. The molecule has 1 saturated carbocycles. The Balaban J connectivity index is 2.26. The van der Waals surface area contributed by atoms with Gasteiger partial charge in [-0.3, -0.25) is 0 Å². The number of aryl methyl sites for hydroxylation is 2. The molecule has 21 heavy (non-hydrogen) atoms. The predicted molar refractivity (Wildman–Crippen MR) is 73.7 cm³/mol. The molecule has 3 N–H and O–H groups in total. The molecule has 2 rings (SSSR count). The average Bonchev–Trinajstić information content (AvgIpc) is 3.06. The fourth-order valence-electron chi connectivity index (χ4n) is 2.48. The highest BCUT2D eigenvalue weighted by atomic mass is 32.2.